The van der Waals surface area contributed by atoms with E-state index in [2.05, 4.69) is 25.8 Å². The van der Waals surface area contributed by atoms with Gasteiger partial charge in [-0.3, -0.25) is 9.69 Å². The highest BCUT2D eigenvalue weighted by Crippen LogP contribution is 2.35. The molecule has 0 radical (unpaired) electrons. The van der Waals surface area contributed by atoms with Gasteiger partial charge in [-0.25, -0.2) is 4.98 Å². The highest BCUT2D eigenvalue weighted by atomic mass is 79.9. The highest BCUT2D eigenvalue weighted by molar-refractivity contribution is 9.10. The molecule has 0 N–H and O–H groups in total. The topological polar surface area (TPSA) is 36.4 Å². The lowest BCUT2D eigenvalue weighted by atomic mass is 10.3. The number of anilines is 1. The quantitative estimate of drug-likeness (QED) is 0.421. The molecule has 0 saturated carbocycles. The first-order valence-corrected chi connectivity index (χ1v) is 11.0. The van der Waals surface area contributed by atoms with E-state index < -0.39 is 0 Å². The first kappa shape index (κ1) is 20.0. The molecule has 26 heavy (non-hydrogen) atoms. The summed E-state index contributed by atoms with van der Waals surface area (Å²) in [4.78, 5) is 21.6. The van der Waals surface area contributed by atoms with E-state index >= 15 is 0 Å². The van der Waals surface area contributed by atoms with Crippen LogP contribution < -0.4 is 4.90 Å². The van der Waals surface area contributed by atoms with Crippen molar-refractivity contribution in [3.05, 3.63) is 43.0 Å². The Hall–Kier alpha value is -0.700. The Bertz CT molecular complexity index is 941. The second kappa shape index (κ2) is 8.54. The number of carbonyl (C=O) groups excluding carboxylic acids is 1. The van der Waals surface area contributed by atoms with Crippen molar-refractivity contribution < 1.29 is 4.79 Å². The molecule has 1 aromatic carbocycles. The summed E-state index contributed by atoms with van der Waals surface area (Å²) >= 11 is 18.4. The molecule has 0 unspecified atom stereocenters. The average molecular weight is 493 g/mol. The van der Waals surface area contributed by atoms with Gasteiger partial charge in [-0.05, 0) is 51.3 Å². The lowest BCUT2D eigenvalue weighted by molar-refractivity contribution is 0.0986. The van der Waals surface area contributed by atoms with Crippen molar-refractivity contribution in [3.8, 4) is 0 Å². The number of thiazole rings is 1. The fraction of sp³-hybridized carbons (Fsp3) is 0.294. The molecule has 0 bridgehead atoms. The monoisotopic (exact) mass is 491 g/mol. The largest absolute Gasteiger partial charge is 0.309 e. The Labute approximate surface area is 178 Å². The molecule has 4 nitrogen and oxygen atoms in total. The van der Waals surface area contributed by atoms with E-state index in [1.807, 2.05) is 32.3 Å². The van der Waals surface area contributed by atoms with Crippen LogP contribution in [0.3, 0.4) is 0 Å². The first-order chi connectivity index (χ1) is 12.3. The molecule has 2 heterocycles. The van der Waals surface area contributed by atoms with E-state index in [4.69, 9.17) is 23.2 Å². The van der Waals surface area contributed by atoms with Gasteiger partial charge in [0.2, 0.25) is 0 Å². The van der Waals surface area contributed by atoms with Crippen molar-refractivity contribution in [2.45, 2.75) is 6.42 Å². The maximum atomic E-state index is 13.1. The summed E-state index contributed by atoms with van der Waals surface area (Å²) in [5.41, 5.74) is 1.29. The Morgan fingerprint density at radius 1 is 1.19 bits per heavy atom. The Morgan fingerprint density at radius 2 is 1.96 bits per heavy atom. The van der Waals surface area contributed by atoms with Crippen molar-refractivity contribution in [2.75, 3.05) is 32.1 Å². The van der Waals surface area contributed by atoms with Crippen molar-refractivity contribution in [1.82, 2.24) is 9.88 Å². The molecule has 0 atom stereocenters. The molecule has 0 aliphatic rings. The third-order valence-electron chi connectivity index (χ3n) is 3.69. The van der Waals surface area contributed by atoms with Crippen LogP contribution in [0.4, 0.5) is 5.13 Å². The van der Waals surface area contributed by atoms with Gasteiger partial charge in [-0.15, -0.1) is 11.3 Å². The van der Waals surface area contributed by atoms with Gasteiger partial charge < -0.3 is 4.90 Å². The van der Waals surface area contributed by atoms with Crippen LogP contribution in [0.5, 0.6) is 0 Å². The number of hydrogen-bond donors (Lipinski definition) is 0. The summed E-state index contributed by atoms with van der Waals surface area (Å²) in [7, 11) is 4.02. The van der Waals surface area contributed by atoms with Crippen LogP contribution in [0, 0.1) is 0 Å². The van der Waals surface area contributed by atoms with Crippen LogP contribution >= 0.6 is 61.8 Å². The summed E-state index contributed by atoms with van der Waals surface area (Å²) in [5, 5.41) is 0.667. The van der Waals surface area contributed by atoms with E-state index in [0.29, 0.717) is 25.9 Å². The number of benzene rings is 1. The van der Waals surface area contributed by atoms with Gasteiger partial charge in [-0.2, -0.15) is 0 Å². The number of fused-ring (bicyclic) bond motifs is 1. The van der Waals surface area contributed by atoms with Gasteiger partial charge in [-0.1, -0.05) is 50.5 Å². The van der Waals surface area contributed by atoms with Crippen LogP contribution in [0.2, 0.25) is 8.67 Å². The minimum Gasteiger partial charge on any atom is -0.309 e. The summed E-state index contributed by atoms with van der Waals surface area (Å²) in [6, 6.07) is 7.52. The van der Waals surface area contributed by atoms with Crippen molar-refractivity contribution >= 4 is 83.1 Å². The molecule has 0 saturated heterocycles. The van der Waals surface area contributed by atoms with E-state index in [1.165, 1.54) is 22.7 Å². The molecule has 0 fully saturated rings. The highest BCUT2D eigenvalue weighted by Gasteiger charge is 2.24. The number of amides is 1. The fourth-order valence-corrected chi connectivity index (χ4v) is 5.45. The summed E-state index contributed by atoms with van der Waals surface area (Å²) in [6.07, 6.45) is 0.827. The van der Waals surface area contributed by atoms with Gasteiger partial charge in [0.1, 0.15) is 4.34 Å². The Kier molecular flexibility index (Phi) is 6.59. The third-order valence-corrected chi connectivity index (χ3v) is 6.71. The maximum absolute atomic E-state index is 13.1. The fourth-order valence-electron chi connectivity index (χ4n) is 2.46. The molecule has 3 rings (SSSR count). The predicted molar refractivity (Wildman–Crippen MR) is 117 cm³/mol. The molecular weight excluding hydrogens is 477 g/mol. The molecule has 0 aliphatic carbocycles. The second-order valence-corrected chi connectivity index (χ2v) is 10.2. The number of thiophene rings is 1. The van der Waals surface area contributed by atoms with Gasteiger partial charge in [0.15, 0.2) is 5.13 Å². The van der Waals surface area contributed by atoms with Crippen LogP contribution in [-0.2, 0) is 0 Å². The molecule has 2 aromatic heterocycles. The van der Waals surface area contributed by atoms with Crippen LogP contribution in [-0.4, -0.2) is 43.0 Å². The van der Waals surface area contributed by atoms with Crippen molar-refractivity contribution in [1.29, 1.82) is 0 Å². The number of hydrogen-bond acceptors (Lipinski definition) is 5. The smallest absolute Gasteiger partial charge is 0.262 e. The zero-order valence-corrected chi connectivity index (χ0v) is 18.9. The third kappa shape index (κ3) is 4.58. The van der Waals surface area contributed by atoms with E-state index in [9.17, 15) is 4.79 Å². The predicted octanol–water partition coefficient (Wildman–Crippen LogP) is 6.03. The zero-order valence-electron chi connectivity index (χ0n) is 14.1. The average Bonchev–Trinajstić information content (AvgIpc) is 3.12. The second-order valence-electron chi connectivity index (χ2n) is 5.96. The number of rotatable bonds is 6. The molecule has 0 spiro atoms. The minimum absolute atomic E-state index is 0.171. The van der Waals surface area contributed by atoms with Crippen molar-refractivity contribution in [3.63, 3.8) is 0 Å². The molecule has 9 heteroatoms. The summed E-state index contributed by atoms with van der Waals surface area (Å²) in [5.74, 6) is -0.171. The SMILES string of the molecule is CN(C)CCCN(C(=O)c1cc(Cl)sc1Cl)c1nc2ccc(Br)cc2s1. The van der Waals surface area contributed by atoms with E-state index in [0.717, 1.165) is 27.7 Å². The lowest BCUT2D eigenvalue weighted by Crippen LogP contribution is -2.33. The number of halogens is 3. The molecular formula is C17H16BrCl2N3OS2. The van der Waals surface area contributed by atoms with Crippen LogP contribution in [0.25, 0.3) is 10.2 Å². The standard InChI is InChI=1S/C17H16BrCl2N3OS2/c1-22(2)6-3-7-23(16(24)11-9-14(19)26-15(11)20)17-21-12-5-4-10(18)8-13(12)25-17/h4-5,8-9H,3,6-7H2,1-2H3. The lowest BCUT2D eigenvalue weighted by Gasteiger charge is -2.20. The molecule has 1 amide bonds. The Morgan fingerprint density at radius 3 is 2.62 bits per heavy atom. The Balaban J connectivity index is 1.95. The van der Waals surface area contributed by atoms with E-state index in [1.54, 1.807) is 11.0 Å². The molecule has 138 valence electrons. The minimum atomic E-state index is -0.171. The number of carbonyl (C=O) groups is 1. The van der Waals surface area contributed by atoms with Gasteiger partial charge in [0.05, 0.1) is 20.1 Å². The summed E-state index contributed by atoms with van der Waals surface area (Å²) in [6.45, 7) is 1.43. The van der Waals surface area contributed by atoms with Crippen LogP contribution in [0.1, 0.15) is 16.8 Å². The zero-order chi connectivity index (χ0) is 18.8. The number of nitrogens with zero attached hydrogens (tertiary/aromatic N) is 3. The van der Waals surface area contributed by atoms with Gasteiger partial charge >= 0.3 is 0 Å². The normalized spacial score (nSPS) is 11.5. The van der Waals surface area contributed by atoms with Crippen LogP contribution in [0.15, 0.2) is 28.7 Å². The molecule has 3 aromatic rings. The number of aromatic nitrogens is 1. The van der Waals surface area contributed by atoms with Gasteiger partial charge in [0.25, 0.3) is 5.91 Å². The van der Waals surface area contributed by atoms with E-state index in [-0.39, 0.29) is 5.91 Å². The van der Waals surface area contributed by atoms with Gasteiger partial charge in [0, 0.05) is 11.0 Å². The van der Waals surface area contributed by atoms with Crippen molar-refractivity contribution in [2.24, 2.45) is 0 Å². The summed E-state index contributed by atoms with van der Waals surface area (Å²) < 4.78 is 2.91. The first-order valence-electron chi connectivity index (χ1n) is 7.82. The maximum Gasteiger partial charge on any atom is 0.262 e. The molecule has 0 aliphatic heterocycles.